The summed E-state index contributed by atoms with van der Waals surface area (Å²) in [6.45, 7) is 2.77. The van der Waals surface area contributed by atoms with Crippen LogP contribution in [0.5, 0.6) is 11.5 Å². The molecule has 0 atom stereocenters. The number of thiocarbonyl (C=S) groups is 1. The molecule has 2 aromatic rings. The SMILES string of the molecule is Cc1cc(Cl)cnc1NC(=S)NCc1ccc2c(c1)OCO2. The zero-order valence-electron chi connectivity index (χ0n) is 11.9. The smallest absolute Gasteiger partial charge is 0.231 e. The number of hydrogen-bond donors (Lipinski definition) is 2. The van der Waals surface area contributed by atoms with E-state index in [0.29, 0.717) is 22.5 Å². The number of aromatic nitrogens is 1. The van der Waals surface area contributed by atoms with Gasteiger partial charge in [-0.05, 0) is 48.5 Å². The molecule has 0 fully saturated rings. The molecule has 0 spiro atoms. The van der Waals surface area contributed by atoms with E-state index in [1.54, 1.807) is 6.20 Å². The Kier molecular flexibility index (Phi) is 4.31. The molecule has 2 N–H and O–H groups in total. The van der Waals surface area contributed by atoms with Crippen LogP contribution < -0.4 is 20.1 Å². The average molecular weight is 336 g/mol. The summed E-state index contributed by atoms with van der Waals surface area (Å²) >= 11 is 11.2. The number of fused-ring (bicyclic) bond motifs is 1. The van der Waals surface area contributed by atoms with Gasteiger partial charge in [-0.3, -0.25) is 0 Å². The normalized spacial score (nSPS) is 12.1. The van der Waals surface area contributed by atoms with Crippen LogP contribution in [0.3, 0.4) is 0 Å². The summed E-state index contributed by atoms with van der Waals surface area (Å²) in [6, 6.07) is 7.62. The van der Waals surface area contributed by atoms with Gasteiger partial charge in [-0.1, -0.05) is 17.7 Å². The van der Waals surface area contributed by atoms with Crippen molar-refractivity contribution in [1.29, 1.82) is 0 Å². The maximum absolute atomic E-state index is 5.88. The summed E-state index contributed by atoms with van der Waals surface area (Å²) < 4.78 is 10.6. The second-order valence-electron chi connectivity index (χ2n) is 4.81. The lowest BCUT2D eigenvalue weighted by Crippen LogP contribution is -2.28. The predicted molar refractivity (Wildman–Crippen MR) is 89.6 cm³/mol. The fourth-order valence-corrected chi connectivity index (χ4v) is 2.44. The molecule has 5 nitrogen and oxygen atoms in total. The summed E-state index contributed by atoms with van der Waals surface area (Å²) in [7, 11) is 0. The number of anilines is 1. The summed E-state index contributed by atoms with van der Waals surface area (Å²) in [5.74, 6) is 2.21. The Hall–Kier alpha value is -2.05. The molecule has 1 aliphatic heterocycles. The highest BCUT2D eigenvalue weighted by Crippen LogP contribution is 2.32. The molecule has 0 radical (unpaired) electrons. The van der Waals surface area contributed by atoms with Crippen molar-refractivity contribution in [1.82, 2.24) is 10.3 Å². The quantitative estimate of drug-likeness (QED) is 0.840. The number of ether oxygens (including phenoxy) is 2. The number of benzene rings is 1. The molecule has 0 amide bonds. The first-order valence-corrected chi connectivity index (χ1v) is 7.46. The number of nitrogens with one attached hydrogen (secondary N) is 2. The van der Waals surface area contributed by atoms with Crippen molar-refractivity contribution in [2.45, 2.75) is 13.5 Å². The molecule has 22 heavy (non-hydrogen) atoms. The minimum Gasteiger partial charge on any atom is -0.454 e. The summed E-state index contributed by atoms with van der Waals surface area (Å²) in [5.41, 5.74) is 1.98. The number of aryl methyl sites for hydroxylation is 1. The Morgan fingerprint density at radius 2 is 2.14 bits per heavy atom. The molecule has 0 aliphatic carbocycles. The number of pyridine rings is 1. The van der Waals surface area contributed by atoms with Gasteiger partial charge in [-0.2, -0.15) is 0 Å². The van der Waals surface area contributed by atoms with Gasteiger partial charge >= 0.3 is 0 Å². The Labute approximate surface area is 138 Å². The molecule has 1 aromatic carbocycles. The van der Waals surface area contributed by atoms with E-state index >= 15 is 0 Å². The average Bonchev–Trinajstić information content (AvgIpc) is 2.95. The van der Waals surface area contributed by atoms with E-state index in [4.69, 9.17) is 33.3 Å². The van der Waals surface area contributed by atoms with E-state index in [1.807, 2.05) is 31.2 Å². The zero-order chi connectivity index (χ0) is 15.5. The minimum atomic E-state index is 0.272. The maximum atomic E-state index is 5.88. The van der Waals surface area contributed by atoms with Gasteiger partial charge in [0.25, 0.3) is 0 Å². The first-order chi connectivity index (χ1) is 10.6. The van der Waals surface area contributed by atoms with E-state index in [-0.39, 0.29) is 6.79 Å². The summed E-state index contributed by atoms with van der Waals surface area (Å²) in [5, 5.41) is 7.28. The molecular weight excluding hydrogens is 322 g/mol. The van der Waals surface area contributed by atoms with Gasteiger partial charge in [0.05, 0.1) is 5.02 Å². The molecule has 0 saturated carbocycles. The van der Waals surface area contributed by atoms with Crippen molar-refractivity contribution in [3.8, 4) is 11.5 Å². The largest absolute Gasteiger partial charge is 0.454 e. The van der Waals surface area contributed by atoms with Crippen molar-refractivity contribution in [3.63, 3.8) is 0 Å². The number of rotatable bonds is 3. The van der Waals surface area contributed by atoms with E-state index in [1.165, 1.54) is 0 Å². The van der Waals surface area contributed by atoms with Crippen LogP contribution in [0.15, 0.2) is 30.5 Å². The third-order valence-corrected chi connectivity index (χ3v) is 3.62. The van der Waals surface area contributed by atoms with Gasteiger partial charge in [-0.25, -0.2) is 4.98 Å². The predicted octanol–water partition coefficient (Wildman–Crippen LogP) is 3.26. The highest BCUT2D eigenvalue weighted by molar-refractivity contribution is 7.80. The molecule has 0 bridgehead atoms. The van der Waals surface area contributed by atoms with Crippen molar-refractivity contribution in [3.05, 3.63) is 46.6 Å². The molecule has 2 heterocycles. The van der Waals surface area contributed by atoms with Crippen LogP contribution in [0.1, 0.15) is 11.1 Å². The Morgan fingerprint density at radius 3 is 2.95 bits per heavy atom. The van der Waals surface area contributed by atoms with E-state index in [9.17, 15) is 0 Å². The third kappa shape index (κ3) is 3.40. The summed E-state index contributed by atoms with van der Waals surface area (Å²) in [6.07, 6.45) is 1.58. The van der Waals surface area contributed by atoms with E-state index in [2.05, 4.69) is 15.6 Å². The van der Waals surface area contributed by atoms with E-state index < -0.39 is 0 Å². The molecule has 1 aromatic heterocycles. The van der Waals surface area contributed by atoms with Crippen LogP contribution in [-0.2, 0) is 6.54 Å². The molecule has 1 aliphatic rings. The number of hydrogen-bond acceptors (Lipinski definition) is 4. The van der Waals surface area contributed by atoms with Gasteiger partial charge in [0.15, 0.2) is 16.6 Å². The van der Waals surface area contributed by atoms with Crippen molar-refractivity contribution in [2.24, 2.45) is 0 Å². The molecular formula is C15H14ClN3O2S. The standard InChI is InChI=1S/C15H14ClN3O2S/c1-9-4-11(16)7-17-14(9)19-15(22)18-6-10-2-3-12-13(5-10)21-8-20-12/h2-5,7H,6,8H2,1H3,(H2,17,18,19,22). The van der Waals surface area contributed by atoms with E-state index in [0.717, 1.165) is 22.6 Å². The van der Waals surface area contributed by atoms with Crippen molar-refractivity contribution < 1.29 is 9.47 Å². The fourth-order valence-electron chi connectivity index (χ4n) is 2.06. The third-order valence-electron chi connectivity index (χ3n) is 3.17. The zero-order valence-corrected chi connectivity index (χ0v) is 13.4. The lowest BCUT2D eigenvalue weighted by atomic mass is 10.2. The van der Waals surface area contributed by atoms with Gasteiger partial charge < -0.3 is 20.1 Å². The second kappa shape index (κ2) is 6.37. The lowest BCUT2D eigenvalue weighted by molar-refractivity contribution is 0.174. The first kappa shape index (κ1) is 14.9. The molecule has 114 valence electrons. The van der Waals surface area contributed by atoms with Gasteiger partial charge in [0.1, 0.15) is 5.82 Å². The van der Waals surface area contributed by atoms with Crippen LogP contribution in [0, 0.1) is 6.92 Å². The highest BCUT2D eigenvalue weighted by Gasteiger charge is 2.13. The first-order valence-electron chi connectivity index (χ1n) is 6.67. The van der Waals surface area contributed by atoms with Crippen molar-refractivity contribution >= 4 is 34.7 Å². The number of halogens is 1. The maximum Gasteiger partial charge on any atom is 0.231 e. The Bertz CT molecular complexity index is 724. The van der Waals surface area contributed by atoms with Crippen LogP contribution in [0.25, 0.3) is 0 Å². The van der Waals surface area contributed by atoms with Crippen LogP contribution >= 0.6 is 23.8 Å². The Balaban J connectivity index is 1.58. The van der Waals surface area contributed by atoms with Crippen LogP contribution in [-0.4, -0.2) is 16.9 Å². The lowest BCUT2D eigenvalue weighted by Gasteiger charge is -2.12. The topological polar surface area (TPSA) is 55.4 Å². The van der Waals surface area contributed by atoms with Gasteiger partial charge in [0, 0.05) is 12.7 Å². The number of nitrogens with zero attached hydrogens (tertiary/aromatic N) is 1. The molecule has 0 unspecified atom stereocenters. The minimum absolute atomic E-state index is 0.272. The van der Waals surface area contributed by atoms with Gasteiger partial charge in [0.2, 0.25) is 6.79 Å². The fraction of sp³-hybridized carbons (Fsp3) is 0.200. The van der Waals surface area contributed by atoms with Crippen LogP contribution in [0.2, 0.25) is 5.02 Å². The second-order valence-corrected chi connectivity index (χ2v) is 5.66. The summed E-state index contributed by atoms with van der Waals surface area (Å²) in [4.78, 5) is 4.21. The van der Waals surface area contributed by atoms with Gasteiger partial charge in [-0.15, -0.1) is 0 Å². The molecule has 0 saturated heterocycles. The molecule has 3 rings (SSSR count). The highest BCUT2D eigenvalue weighted by atomic mass is 35.5. The Morgan fingerprint density at radius 1 is 1.32 bits per heavy atom. The molecule has 7 heteroatoms. The van der Waals surface area contributed by atoms with Crippen molar-refractivity contribution in [2.75, 3.05) is 12.1 Å². The van der Waals surface area contributed by atoms with Crippen LogP contribution in [0.4, 0.5) is 5.82 Å². The monoisotopic (exact) mass is 335 g/mol.